The lowest BCUT2D eigenvalue weighted by Gasteiger charge is -2.28. The highest BCUT2D eigenvalue weighted by atomic mass is 16.2. The maximum absolute atomic E-state index is 13.2. The molecule has 1 fully saturated rings. The monoisotopic (exact) mass is 392 g/mol. The number of nitrogens with zero attached hydrogens (tertiary/aromatic N) is 5. The number of aliphatic hydroxyl groups is 1. The van der Waals surface area contributed by atoms with Gasteiger partial charge in [0.15, 0.2) is 11.6 Å². The fourth-order valence-corrected chi connectivity index (χ4v) is 3.40. The average Bonchev–Trinajstić information content (AvgIpc) is 2.79. The summed E-state index contributed by atoms with van der Waals surface area (Å²) in [6.45, 7) is 3.24. The normalized spacial score (nSPS) is 14.2. The van der Waals surface area contributed by atoms with Crippen LogP contribution >= 0.6 is 0 Å². The number of benzene rings is 1. The summed E-state index contributed by atoms with van der Waals surface area (Å²) in [7, 11) is 0. The molecular formula is C21H24N6O2. The van der Waals surface area contributed by atoms with Gasteiger partial charge in [-0.1, -0.05) is 0 Å². The molecule has 0 saturated carbocycles. The van der Waals surface area contributed by atoms with E-state index in [1.807, 2.05) is 29.2 Å². The minimum absolute atomic E-state index is 0.0928. The summed E-state index contributed by atoms with van der Waals surface area (Å²) in [5.41, 5.74) is 2.31. The fraction of sp³-hybridized carbons (Fsp3) is 0.333. The van der Waals surface area contributed by atoms with E-state index < -0.39 is 0 Å². The van der Waals surface area contributed by atoms with Crippen LogP contribution in [0.3, 0.4) is 0 Å². The summed E-state index contributed by atoms with van der Waals surface area (Å²) in [5, 5.41) is 12.5. The number of aryl methyl sites for hydroxylation is 1. The van der Waals surface area contributed by atoms with Crippen LogP contribution in [0.2, 0.25) is 0 Å². The number of piperazine rings is 1. The second-order valence-electron chi connectivity index (χ2n) is 6.91. The lowest BCUT2D eigenvalue weighted by molar-refractivity contribution is 0.288. The van der Waals surface area contributed by atoms with E-state index in [4.69, 9.17) is 0 Å². The van der Waals surface area contributed by atoms with Crippen molar-refractivity contribution in [1.29, 1.82) is 0 Å². The van der Waals surface area contributed by atoms with Crippen molar-refractivity contribution in [3.8, 4) is 17.1 Å². The molecule has 1 aromatic carbocycles. The topological polar surface area (TPSA) is 96.2 Å². The van der Waals surface area contributed by atoms with Gasteiger partial charge in [-0.3, -0.25) is 9.36 Å². The van der Waals surface area contributed by atoms with E-state index in [0.29, 0.717) is 24.5 Å². The maximum Gasteiger partial charge on any atom is 0.298 e. The minimum Gasteiger partial charge on any atom is -0.396 e. The van der Waals surface area contributed by atoms with Gasteiger partial charge in [-0.15, -0.1) is 0 Å². The fourth-order valence-electron chi connectivity index (χ4n) is 3.40. The molecule has 0 atom stereocenters. The van der Waals surface area contributed by atoms with Crippen LogP contribution in [-0.2, 0) is 6.42 Å². The molecule has 0 unspecified atom stereocenters. The van der Waals surface area contributed by atoms with Gasteiger partial charge in [0.05, 0.1) is 5.69 Å². The van der Waals surface area contributed by atoms with Gasteiger partial charge in [0.25, 0.3) is 5.56 Å². The Kier molecular flexibility index (Phi) is 5.92. The van der Waals surface area contributed by atoms with Crippen LogP contribution < -0.4 is 15.8 Å². The maximum atomic E-state index is 13.2. The van der Waals surface area contributed by atoms with Crippen molar-refractivity contribution >= 4 is 5.82 Å². The molecule has 0 aliphatic carbocycles. The van der Waals surface area contributed by atoms with Crippen molar-refractivity contribution in [1.82, 2.24) is 24.8 Å². The predicted molar refractivity (Wildman–Crippen MR) is 111 cm³/mol. The third-order valence-corrected chi connectivity index (χ3v) is 4.91. The van der Waals surface area contributed by atoms with E-state index in [2.05, 4.69) is 20.3 Å². The summed E-state index contributed by atoms with van der Waals surface area (Å²) in [5.74, 6) is 1.11. The Balaban J connectivity index is 1.72. The van der Waals surface area contributed by atoms with Crippen LogP contribution in [0.1, 0.15) is 12.1 Å². The van der Waals surface area contributed by atoms with Gasteiger partial charge in [-0.2, -0.15) is 0 Å². The molecule has 150 valence electrons. The molecular weight excluding hydrogens is 368 g/mol. The molecule has 0 bridgehead atoms. The molecule has 1 aliphatic rings. The SMILES string of the molecule is O=c1c(N2CCNCC2)nc(CCCO)cn1-c1ccc(-c2ncccn2)cc1. The van der Waals surface area contributed by atoms with Crippen LogP contribution in [0.5, 0.6) is 0 Å². The van der Waals surface area contributed by atoms with Crippen LogP contribution in [0.4, 0.5) is 5.82 Å². The smallest absolute Gasteiger partial charge is 0.298 e. The summed E-state index contributed by atoms with van der Waals surface area (Å²) in [4.78, 5) is 28.4. The zero-order chi connectivity index (χ0) is 20.1. The molecule has 0 spiro atoms. The first-order valence-electron chi connectivity index (χ1n) is 9.83. The Labute approximate surface area is 168 Å². The first kappa shape index (κ1) is 19.2. The van der Waals surface area contributed by atoms with Gasteiger partial charge in [0, 0.05) is 62.6 Å². The Morgan fingerprint density at radius 2 is 1.79 bits per heavy atom. The van der Waals surface area contributed by atoms with Gasteiger partial charge >= 0.3 is 0 Å². The third-order valence-electron chi connectivity index (χ3n) is 4.91. The summed E-state index contributed by atoms with van der Waals surface area (Å²) >= 11 is 0. The van der Waals surface area contributed by atoms with Gasteiger partial charge in [0.1, 0.15) is 0 Å². The number of nitrogens with one attached hydrogen (secondary N) is 1. The first-order valence-corrected chi connectivity index (χ1v) is 9.83. The van der Waals surface area contributed by atoms with E-state index >= 15 is 0 Å². The molecule has 1 aliphatic heterocycles. The molecule has 3 aromatic rings. The Morgan fingerprint density at radius 1 is 1.07 bits per heavy atom. The largest absolute Gasteiger partial charge is 0.396 e. The zero-order valence-corrected chi connectivity index (χ0v) is 16.2. The highest BCUT2D eigenvalue weighted by molar-refractivity contribution is 5.57. The summed E-state index contributed by atoms with van der Waals surface area (Å²) in [6, 6.07) is 9.39. The minimum atomic E-state index is -0.136. The molecule has 2 aromatic heterocycles. The van der Waals surface area contributed by atoms with E-state index in [9.17, 15) is 9.90 Å². The van der Waals surface area contributed by atoms with Crippen molar-refractivity contribution in [3.05, 3.63) is 65.0 Å². The average molecular weight is 392 g/mol. The molecule has 3 heterocycles. The molecule has 1 saturated heterocycles. The Bertz CT molecular complexity index is 998. The van der Waals surface area contributed by atoms with E-state index in [1.165, 1.54) is 0 Å². The Morgan fingerprint density at radius 3 is 2.48 bits per heavy atom. The van der Waals surface area contributed by atoms with Gasteiger partial charge in [0.2, 0.25) is 0 Å². The van der Waals surface area contributed by atoms with E-state index in [-0.39, 0.29) is 12.2 Å². The van der Waals surface area contributed by atoms with Crippen LogP contribution in [0.25, 0.3) is 17.1 Å². The molecule has 0 amide bonds. The van der Waals surface area contributed by atoms with E-state index in [1.54, 1.807) is 29.2 Å². The number of rotatable bonds is 6. The number of aliphatic hydroxyl groups excluding tert-OH is 1. The molecule has 4 rings (SSSR count). The predicted octanol–water partition coefficient (Wildman–Crippen LogP) is 1.02. The highest BCUT2D eigenvalue weighted by Gasteiger charge is 2.18. The summed E-state index contributed by atoms with van der Waals surface area (Å²) < 4.78 is 1.65. The molecule has 0 radical (unpaired) electrons. The molecule has 8 heteroatoms. The molecule has 29 heavy (non-hydrogen) atoms. The van der Waals surface area contributed by atoms with E-state index in [0.717, 1.165) is 43.1 Å². The standard InChI is InChI=1S/C21H24N6O2/c28-14-1-3-17-15-27(21(29)20(25-17)26-12-10-22-11-13-26)18-6-4-16(5-7-18)19-23-8-2-9-24-19/h2,4-9,15,22,28H,1,3,10-14H2. The number of aromatic nitrogens is 4. The lowest BCUT2D eigenvalue weighted by atomic mass is 10.2. The molecule has 8 nitrogen and oxygen atoms in total. The molecule has 2 N–H and O–H groups in total. The highest BCUT2D eigenvalue weighted by Crippen LogP contribution is 2.18. The van der Waals surface area contributed by atoms with Crippen molar-refractivity contribution in [2.75, 3.05) is 37.7 Å². The van der Waals surface area contributed by atoms with Crippen LogP contribution in [0.15, 0.2) is 53.7 Å². The van der Waals surface area contributed by atoms with Gasteiger partial charge in [-0.25, -0.2) is 15.0 Å². The van der Waals surface area contributed by atoms with Gasteiger partial charge < -0.3 is 15.3 Å². The first-order chi connectivity index (χ1) is 14.3. The van der Waals surface area contributed by atoms with Crippen LogP contribution in [0, 0.1) is 0 Å². The van der Waals surface area contributed by atoms with Crippen molar-refractivity contribution in [2.24, 2.45) is 0 Å². The number of hydrogen-bond acceptors (Lipinski definition) is 7. The van der Waals surface area contributed by atoms with Crippen molar-refractivity contribution in [3.63, 3.8) is 0 Å². The third kappa shape index (κ3) is 4.33. The van der Waals surface area contributed by atoms with Crippen LogP contribution in [-0.4, -0.2) is 57.4 Å². The Hall–Kier alpha value is -3.10. The van der Waals surface area contributed by atoms with Crippen molar-refractivity contribution < 1.29 is 5.11 Å². The second kappa shape index (κ2) is 8.93. The van der Waals surface area contributed by atoms with Gasteiger partial charge in [-0.05, 0) is 43.2 Å². The lowest BCUT2D eigenvalue weighted by Crippen LogP contribution is -2.46. The second-order valence-corrected chi connectivity index (χ2v) is 6.91. The van der Waals surface area contributed by atoms with Crippen molar-refractivity contribution in [2.45, 2.75) is 12.8 Å². The number of hydrogen-bond donors (Lipinski definition) is 2. The number of anilines is 1. The quantitative estimate of drug-likeness (QED) is 0.647. The zero-order valence-electron chi connectivity index (χ0n) is 16.2. The summed E-state index contributed by atoms with van der Waals surface area (Å²) in [6.07, 6.45) is 6.41.